The zero-order valence-electron chi connectivity index (χ0n) is 29.4. The van der Waals surface area contributed by atoms with Crippen molar-refractivity contribution in [2.75, 3.05) is 6.54 Å². The second-order valence-corrected chi connectivity index (χ2v) is 14.8. The number of halogens is 1. The Balaban J connectivity index is 1.03. The number of aromatic nitrogens is 3. The van der Waals surface area contributed by atoms with Gasteiger partial charge in [0.05, 0.1) is 12.1 Å². The van der Waals surface area contributed by atoms with Gasteiger partial charge in [0.1, 0.15) is 29.0 Å². The lowest BCUT2D eigenvalue weighted by Gasteiger charge is -2.23. The minimum Gasteiger partial charge on any atom is -0.356 e. The fourth-order valence-corrected chi connectivity index (χ4v) is 7.57. The highest BCUT2D eigenvalue weighted by atomic mass is 35.5. The number of nitrogens with one attached hydrogen (secondary N) is 4. The highest BCUT2D eigenvalue weighted by Crippen LogP contribution is 2.39. The largest absolute Gasteiger partial charge is 0.356 e. The number of aryl methyl sites for hydroxylation is 2. The average molecular weight is 737 g/mol. The van der Waals surface area contributed by atoms with Gasteiger partial charge in [-0.05, 0) is 64.7 Å². The number of fused-ring (bicyclic) bond motifs is 3. The molecule has 4 heterocycles. The molecule has 272 valence electrons. The first kappa shape index (κ1) is 37.8. The van der Waals surface area contributed by atoms with Gasteiger partial charge in [0.25, 0.3) is 0 Å². The molecule has 4 N–H and O–H groups in total. The van der Waals surface area contributed by atoms with Crippen molar-refractivity contribution < 1.29 is 24.0 Å². The Morgan fingerprint density at radius 1 is 1.00 bits per heavy atom. The topological polar surface area (TPSA) is 177 Å². The summed E-state index contributed by atoms with van der Waals surface area (Å²) >= 11 is 7.88. The molecule has 5 rings (SSSR count). The summed E-state index contributed by atoms with van der Waals surface area (Å²) in [6.07, 6.45) is 6.12. The van der Waals surface area contributed by atoms with Crippen LogP contribution < -0.4 is 21.3 Å². The second kappa shape index (κ2) is 17.2. The Bertz CT molecular complexity index is 1820. The normalized spacial score (nSPS) is 17.4. The predicted molar refractivity (Wildman–Crippen MR) is 195 cm³/mol. The third-order valence-corrected chi connectivity index (χ3v) is 10.7. The van der Waals surface area contributed by atoms with Gasteiger partial charge >= 0.3 is 0 Å². The average Bonchev–Trinajstić information content (AvgIpc) is 3.57. The number of rotatable bonds is 15. The van der Waals surface area contributed by atoms with E-state index in [0.717, 1.165) is 65.3 Å². The molecule has 2 aromatic heterocycles. The van der Waals surface area contributed by atoms with Crippen LogP contribution in [0, 0.1) is 20.8 Å². The van der Waals surface area contributed by atoms with Crippen molar-refractivity contribution in [2.24, 2.45) is 4.99 Å². The smallest absolute Gasteiger partial charge is 0.249 e. The first-order valence-corrected chi connectivity index (χ1v) is 18.7. The van der Waals surface area contributed by atoms with Crippen LogP contribution in [0.2, 0.25) is 5.02 Å². The molecule has 3 atom stereocenters. The van der Waals surface area contributed by atoms with E-state index in [2.05, 4.69) is 45.3 Å². The molecule has 2 aliphatic rings. The van der Waals surface area contributed by atoms with Crippen molar-refractivity contribution in [3.63, 3.8) is 0 Å². The molecule has 3 aromatic rings. The number of nitrogens with zero attached hydrogens (tertiary/aromatic N) is 4. The number of carbonyl (C=O) groups excluding carboxylic acids is 5. The Labute approximate surface area is 306 Å². The summed E-state index contributed by atoms with van der Waals surface area (Å²) in [5.74, 6) is -0.284. The second-order valence-electron chi connectivity index (χ2n) is 13.1. The quantitative estimate of drug-likeness (QED) is 0.132. The number of hydrogen-bond acceptors (Lipinski definition) is 9. The Hall–Kier alpha value is -4.43. The highest BCUT2D eigenvalue weighted by Gasteiger charge is 2.33. The number of thiophene rings is 1. The fraction of sp³-hybridized carbons (Fsp3) is 0.500. The molecule has 15 heteroatoms. The summed E-state index contributed by atoms with van der Waals surface area (Å²) in [5, 5.41) is 21.0. The number of imide groups is 1. The van der Waals surface area contributed by atoms with Crippen molar-refractivity contribution >= 4 is 58.2 Å². The summed E-state index contributed by atoms with van der Waals surface area (Å²) in [6, 6.07) is 5.53. The van der Waals surface area contributed by atoms with Gasteiger partial charge in [-0.25, -0.2) is 0 Å². The van der Waals surface area contributed by atoms with Crippen molar-refractivity contribution in [2.45, 2.75) is 110 Å². The Morgan fingerprint density at radius 2 is 1.71 bits per heavy atom. The van der Waals surface area contributed by atoms with Gasteiger partial charge < -0.3 is 16.0 Å². The summed E-state index contributed by atoms with van der Waals surface area (Å²) in [5.41, 5.74) is 3.90. The number of aliphatic imine (C=N–C) groups is 1. The number of carbonyl (C=O) groups is 5. The van der Waals surface area contributed by atoms with E-state index in [0.29, 0.717) is 30.2 Å². The summed E-state index contributed by atoms with van der Waals surface area (Å²) < 4.78 is 2.04. The van der Waals surface area contributed by atoms with Gasteiger partial charge in [-0.3, -0.25) is 38.8 Å². The molecule has 1 saturated heterocycles. The van der Waals surface area contributed by atoms with E-state index in [4.69, 9.17) is 16.6 Å². The monoisotopic (exact) mass is 736 g/mol. The maximum atomic E-state index is 13.2. The van der Waals surface area contributed by atoms with Gasteiger partial charge in [-0.2, -0.15) is 0 Å². The van der Waals surface area contributed by atoms with Crippen LogP contribution in [0.1, 0.15) is 110 Å². The SMILES string of the molecule is Cc1sc2c(c1C)C(c1ccc(Cl)cc1)=N[C@@H](CC(=O)NCCCCCCCCC(=O)N[C@@H](C)C(=O)N[C@H]1CCC(=O)NC1=O)c1nnc(C)n1-2. The van der Waals surface area contributed by atoms with E-state index in [1.54, 1.807) is 18.3 Å². The molecule has 0 aliphatic carbocycles. The molecule has 5 amide bonds. The Kier molecular flexibility index (Phi) is 12.7. The lowest BCUT2D eigenvalue weighted by Crippen LogP contribution is -2.55. The van der Waals surface area contributed by atoms with Crippen LogP contribution in [0.15, 0.2) is 29.3 Å². The number of amides is 5. The van der Waals surface area contributed by atoms with E-state index in [-0.39, 0.29) is 37.0 Å². The molecule has 51 heavy (non-hydrogen) atoms. The van der Waals surface area contributed by atoms with Gasteiger partial charge in [0, 0.05) is 40.4 Å². The third kappa shape index (κ3) is 9.47. The first-order chi connectivity index (χ1) is 24.4. The van der Waals surface area contributed by atoms with E-state index < -0.39 is 29.9 Å². The van der Waals surface area contributed by atoms with Crippen LogP contribution in [-0.2, 0) is 24.0 Å². The summed E-state index contributed by atoms with van der Waals surface area (Å²) in [7, 11) is 0. The number of hydrogen-bond donors (Lipinski definition) is 4. The summed E-state index contributed by atoms with van der Waals surface area (Å²) in [6.45, 7) is 8.22. The lowest BCUT2D eigenvalue weighted by atomic mass is 9.99. The zero-order valence-corrected chi connectivity index (χ0v) is 31.0. The maximum absolute atomic E-state index is 13.2. The minimum absolute atomic E-state index is 0.101. The van der Waals surface area contributed by atoms with E-state index >= 15 is 0 Å². The molecule has 0 radical (unpaired) electrons. The first-order valence-electron chi connectivity index (χ1n) is 17.5. The van der Waals surface area contributed by atoms with Crippen LogP contribution in [-0.4, -0.2) is 68.6 Å². The van der Waals surface area contributed by atoms with E-state index in [1.807, 2.05) is 35.8 Å². The van der Waals surface area contributed by atoms with Crippen LogP contribution in [0.5, 0.6) is 0 Å². The number of benzene rings is 1. The fourth-order valence-electron chi connectivity index (χ4n) is 6.23. The molecule has 0 saturated carbocycles. The zero-order chi connectivity index (χ0) is 36.7. The van der Waals surface area contributed by atoms with Crippen LogP contribution in [0.3, 0.4) is 0 Å². The van der Waals surface area contributed by atoms with Gasteiger partial charge in [0.15, 0.2) is 5.82 Å². The predicted octanol–water partition coefficient (Wildman–Crippen LogP) is 4.46. The highest BCUT2D eigenvalue weighted by molar-refractivity contribution is 7.15. The molecule has 0 unspecified atom stereocenters. The van der Waals surface area contributed by atoms with Crippen molar-refractivity contribution in [1.82, 2.24) is 36.0 Å². The third-order valence-electron chi connectivity index (χ3n) is 9.22. The van der Waals surface area contributed by atoms with Crippen molar-refractivity contribution in [1.29, 1.82) is 0 Å². The van der Waals surface area contributed by atoms with Gasteiger partial charge in [-0.1, -0.05) is 49.4 Å². The maximum Gasteiger partial charge on any atom is 0.249 e. The molecule has 1 aromatic carbocycles. The summed E-state index contributed by atoms with van der Waals surface area (Å²) in [4.78, 5) is 67.4. The van der Waals surface area contributed by atoms with Crippen LogP contribution in [0.25, 0.3) is 5.00 Å². The van der Waals surface area contributed by atoms with Gasteiger partial charge in [0.2, 0.25) is 29.5 Å². The van der Waals surface area contributed by atoms with E-state index in [9.17, 15) is 24.0 Å². The van der Waals surface area contributed by atoms with Gasteiger partial charge in [-0.15, -0.1) is 21.5 Å². The Morgan fingerprint density at radius 3 is 2.43 bits per heavy atom. The molecule has 1 fully saturated rings. The molecular weight excluding hydrogens is 692 g/mol. The number of unbranched alkanes of at least 4 members (excludes halogenated alkanes) is 5. The van der Waals surface area contributed by atoms with E-state index in [1.165, 1.54) is 4.88 Å². The van der Waals surface area contributed by atoms with Crippen LogP contribution >= 0.6 is 22.9 Å². The molecule has 13 nitrogen and oxygen atoms in total. The van der Waals surface area contributed by atoms with Crippen molar-refractivity contribution in [3.8, 4) is 5.00 Å². The van der Waals surface area contributed by atoms with Crippen molar-refractivity contribution in [3.05, 3.63) is 62.5 Å². The van der Waals surface area contributed by atoms with Crippen LogP contribution in [0.4, 0.5) is 0 Å². The molecule has 2 aliphatic heterocycles. The number of piperidine rings is 1. The molecule has 0 bridgehead atoms. The standard InChI is InChI=1S/C36H45ClN8O5S/c1-20-22(3)51-36-31(20)32(24-12-14-25(37)15-13-24)40-27(33-44-43-23(4)45(33)36)19-30(48)38-18-10-8-6-5-7-9-11-28(46)39-21(2)34(49)41-26-16-17-29(47)42-35(26)50/h12-15,21,26-27H,5-11,16-19H2,1-4H3,(H,38,48)(H,39,46)(H,41,49)(H,42,47,50)/t21-,26-,27-/m0/s1. The minimum atomic E-state index is -0.789. The molecule has 0 spiro atoms. The molecular formula is C36H45ClN8O5S. The lowest BCUT2D eigenvalue weighted by molar-refractivity contribution is -0.137.